The number of aliphatic hydroxyl groups is 1. The summed E-state index contributed by atoms with van der Waals surface area (Å²) < 4.78 is 0. The van der Waals surface area contributed by atoms with Crippen LogP contribution in [-0.2, 0) is 5.60 Å². The number of carbonyl (C=O) groups excluding carboxylic acids is 2. The molecule has 0 heterocycles. The maximum absolute atomic E-state index is 12.4. The smallest absolute Gasteiger partial charge is 0.220 e. The molecule has 0 aromatic heterocycles. The molecule has 2 N–H and O–H groups in total. The standard InChI is InChI=1S/C16H12O4/c1-9-6-7-12(13(17)8-9)16(20)14(18)10-4-2-3-5-11(10)15(16)19/h2-8,17,20H,1H3. The first kappa shape index (κ1) is 12.6. The van der Waals surface area contributed by atoms with Crippen LogP contribution < -0.4 is 0 Å². The Morgan fingerprint density at radius 2 is 1.50 bits per heavy atom. The van der Waals surface area contributed by atoms with Gasteiger partial charge in [-0.05, 0) is 18.6 Å². The molecule has 0 unspecified atom stereocenters. The Morgan fingerprint density at radius 1 is 0.950 bits per heavy atom. The minimum absolute atomic E-state index is 0.0747. The zero-order valence-electron chi connectivity index (χ0n) is 10.8. The molecule has 20 heavy (non-hydrogen) atoms. The molecule has 1 aliphatic rings. The number of aryl methyl sites for hydroxylation is 1. The van der Waals surface area contributed by atoms with E-state index in [1.165, 1.54) is 24.3 Å². The van der Waals surface area contributed by atoms with E-state index in [2.05, 4.69) is 0 Å². The van der Waals surface area contributed by atoms with E-state index in [1.54, 1.807) is 25.1 Å². The SMILES string of the molecule is Cc1ccc(C2(O)C(=O)c3ccccc3C2=O)c(O)c1. The van der Waals surface area contributed by atoms with E-state index < -0.39 is 17.2 Å². The van der Waals surface area contributed by atoms with Gasteiger partial charge < -0.3 is 10.2 Å². The lowest BCUT2D eigenvalue weighted by atomic mass is 9.87. The third kappa shape index (κ3) is 1.45. The largest absolute Gasteiger partial charge is 0.508 e. The lowest BCUT2D eigenvalue weighted by Gasteiger charge is -2.20. The second-order valence-corrected chi connectivity index (χ2v) is 4.93. The number of aromatic hydroxyl groups is 1. The predicted octanol–water partition coefficient (Wildman–Crippen LogP) is 1.97. The van der Waals surface area contributed by atoms with Crippen LogP contribution >= 0.6 is 0 Å². The monoisotopic (exact) mass is 268 g/mol. The van der Waals surface area contributed by atoms with E-state index in [4.69, 9.17) is 0 Å². The van der Waals surface area contributed by atoms with Gasteiger partial charge in [0, 0.05) is 16.7 Å². The Balaban J connectivity index is 2.24. The summed E-state index contributed by atoms with van der Waals surface area (Å²) >= 11 is 0. The summed E-state index contributed by atoms with van der Waals surface area (Å²) in [6.07, 6.45) is 0. The molecule has 0 bridgehead atoms. The fourth-order valence-corrected chi connectivity index (χ4v) is 2.56. The van der Waals surface area contributed by atoms with Crippen LogP contribution in [0.2, 0.25) is 0 Å². The Kier molecular flexibility index (Phi) is 2.52. The van der Waals surface area contributed by atoms with Crippen molar-refractivity contribution in [1.29, 1.82) is 0 Å². The fraction of sp³-hybridized carbons (Fsp3) is 0.125. The summed E-state index contributed by atoms with van der Waals surface area (Å²) in [5.41, 5.74) is -1.28. The molecule has 2 aromatic carbocycles. The van der Waals surface area contributed by atoms with Gasteiger partial charge in [0.05, 0.1) is 0 Å². The van der Waals surface area contributed by atoms with Crippen molar-refractivity contribution < 1.29 is 19.8 Å². The number of fused-ring (bicyclic) bond motifs is 1. The molecule has 4 heteroatoms. The number of Topliss-reactive ketones (excluding diaryl/α,β-unsaturated/α-hetero) is 2. The maximum Gasteiger partial charge on any atom is 0.220 e. The van der Waals surface area contributed by atoms with Crippen LogP contribution in [0, 0.1) is 6.92 Å². The summed E-state index contributed by atoms with van der Waals surface area (Å²) in [5, 5.41) is 20.6. The van der Waals surface area contributed by atoms with Gasteiger partial charge in [-0.25, -0.2) is 0 Å². The summed E-state index contributed by atoms with van der Waals surface area (Å²) in [7, 11) is 0. The quantitative estimate of drug-likeness (QED) is 0.775. The van der Waals surface area contributed by atoms with Crippen molar-refractivity contribution >= 4 is 11.6 Å². The van der Waals surface area contributed by atoms with Crippen LogP contribution in [0.3, 0.4) is 0 Å². The van der Waals surface area contributed by atoms with Gasteiger partial charge in [0.2, 0.25) is 17.2 Å². The summed E-state index contributed by atoms with van der Waals surface area (Å²) in [6, 6.07) is 10.7. The first-order valence-electron chi connectivity index (χ1n) is 6.17. The predicted molar refractivity (Wildman–Crippen MR) is 71.8 cm³/mol. The number of phenolic OH excluding ortho intramolecular Hbond substituents is 1. The van der Waals surface area contributed by atoms with Gasteiger partial charge in [-0.3, -0.25) is 9.59 Å². The molecule has 0 atom stereocenters. The number of carbonyl (C=O) groups is 2. The highest BCUT2D eigenvalue weighted by molar-refractivity contribution is 6.32. The van der Waals surface area contributed by atoms with Crippen LogP contribution in [0.25, 0.3) is 0 Å². The van der Waals surface area contributed by atoms with Crippen LogP contribution in [0.15, 0.2) is 42.5 Å². The number of hydrogen-bond donors (Lipinski definition) is 2. The topological polar surface area (TPSA) is 74.6 Å². The summed E-state index contributed by atoms with van der Waals surface area (Å²) in [4.78, 5) is 24.8. The maximum atomic E-state index is 12.4. The van der Waals surface area contributed by atoms with Gasteiger partial charge in [-0.15, -0.1) is 0 Å². The second kappa shape index (κ2) is 4.02. The second-order valence-electron chi connectivity index (χ2n) is 4.93. The Hall–Kier alpha value is -2.46. The van der Waals surface area contributed by atoms with Crippen molar-refractivity contribution in [1.82, 2.24) is 0 Å². The number of ketones is 2. The Bertz CT molecular complexity index is 711. The lowest BCUT2D eigenvalue weighted by molar-refractivity contribution is 0.0312. The van der Waals surface area contributed by atoms with E-state index in [0.717, 1.165) is 5.56 Å². The number of benzene rings is 2. The molecule has 0 aliphatic heterocycles. The molecule has 2 aromatic rings. The zero-order valence-corrected chi connectivity index (χ0v) is 10.8. The highest BCUT2D eigenvalue weighted by Crippen LogP contribution is 2.41. The van der Waals surface area contributed by atoms with E-state index in [9.17, 15) is 19.8 Å². The van der Waals surface area contributed by atoms with Crippen molar-refractivity contribution in [2.75, 3.05) is 0 Å². The van der Waals surface area contributed by atoms with Gasteiger partial charge in [0.25, 0.3) is 0 Å². The molecule has 3 rings (SSSR count). The summed E-state index contributed by atoms with van der Waals surface area (Å²) in [6.45, 7) is 1.76. The van der Waals surface area contributed by atoms with E-state index >= 15 is 0 Å². The van der Waals surface area contributed by atoms with Gasteiger partial charge >= 0.3 is 0 Å². The minimum atomic E-state index is -2.33. The molecule has 4 nitrogen and oxygen atoms in total. The molecular formula is C16H12O4. The molecule has 0 amide bonds. The highest BCUT2D eigenvalue weighted by atomic mass is 16.3. The average Bonchev–Trinajstić information content (AvgIpc) is 2.62. The third-order valence-corrected chi connectivity index (χ3v) is 3.62. The van der Waals surface area contributed by atoms with Gasteiger partial charge in [-0.1, -0.05) is 36.4 Å². The van der Waals surface area contributed by atoms with Crippen molar-refractivity contribution in [3.05, 3.63) is 64.7 Å². The van der Waals surface area contributed by atoms with Gasteiger partial charge in [0.1, 0.15) is 5.75 Å². The van der Waals surface area contributed by atoms with E-state index in [0.29, 0.717) is 0 Å². The highest BCUT2D eigenvalue weighted by Gasteiger charge is 2.54. The van der Waals surface area contributed by atoms with Crippen molar-refractivity contribution in [2.45, 2.75) is 12.5 Å². The normalized spacial score (nSPS) is 16.3. The molecule has 0 saturated carbocycles. The van der Waals surface area contributed by atoms with E-state index in [1.807, 2.05) is 0 Å². The molecule has 0 spiro atoms. The number of hydrogen-bond acceptors (Lipinski definition) is 4. The molecule has 0 saturated heterocycles. The number of phenols is 1. The molecule has 0 radical (unpaired) electrons. The Labute approximate surface area is 115 Å². The zero-order chi connectivity index (χ0) is 14.5. The first-order valence-corrected chi connectivity index (χ1v) is 6.17. The van der Waals surface area contributed by atoms with Crippen LogP contribution in [0.1, 0.15) is 31.8 Å². The van der Waals surface area contributed by atoms with Crippen molar-refractivity contribution in [3.8, 4) is 5.75 Å². The van der Waals surface area contributed by atoms with Crippen molar-refractivity contribution in [3.63, 3.8) is 0 Å². The number of rotatable bonds is 1. The molecule has 0 fully saturated rings. The van der Waals surface area contributed by atoms with Gasteiger partial charge in [0.15, 0.2) is 0 Å². The molecule has 100 valence electrons. The fourth-order valence-electron chi connectivity index (χ4n) is 2.56. The summed E-state index contributed by atoms with van der Waals surface area (Å²) in [5.74, 6) is -1.66. The third-order valence-electron chi connectivity index (χ3n) is 3.62. The molecule has 1 aliphatic carbocycles. The van der Waals surface area contributed by atoms with Crippen LogP contribution in [0.4, 0.5) is 0 Å². The average molecular weight is 268 g/mol. The minimum Gasteiger partial charge on any atom is -0.508 e. The molecular weight excluding hydrogens is 256 g/mol. The van der Waals surface area contributed by atoms with Crippen LogP contribution in [0.5, 0.6) is 5.75 Å². The Morgan fingerprint density at radius 3 is 2.00 bits per heavy atom. The lowest BCUT2D eigenvalue weighted by Crippen LogP contribution is -2.38. The van der Waals surface area contributed by atoms with E-state index in [-0.39, 0.29) is 22.4 Å². The van der Waals surface area contributed by atoms with Crippen molar-refractivity contribution in [2.24, 2.45) is 0 Å². The van der Waals surface area contributed by atoms with Gasteiger partial charge in [-0.2, -0.15) is 0 Å². The van der Waals surface area contributed by atoms with Crippen LogP contribution in [-0.4, -0.2) is 21.8 Å². The first-order chi connectivity index (χ1) is 9.46.